The van der Waals surface area contributed by atoms with Crippen LogP contribution in [0.5, 0.6) is 0 Å². The van der Waals surface area contributed by atoms with E-state index in [4.69, 9.17) is 0 Å². The van der Waals surface area contributed by atoms with Crippen LogP contribution in [0.4, 0.5) is 0 Å². The number of nitrogens with one attached hydrogen (secondary N) is 1. The molecule has 0 aliphatic carbocycles. The Labute approximate surface area is 117 Å². The second-order valence-corrected chi connectivity index (χ2v) is 5.48. The van der Waals surface area contributed by atoms with Crippen molar-refractivity contribution in [3.63, 3.8) is 0 Å². The third-order valence-corrected chi connectivity index (χ3v) is 3.64. The molecule has 2 nitrogen and oxygen atoms in total. The summed E-state index contributed by atoms with van der Waals surface area (Å²) in [6.07, 6.45) is 2.61. The highest BCUT2D eigenvalue weighted by atomic mass is 15.2. The highest BCUT2D eigenvalue weighted by Crippen LogP contribution is 2.08. The van der Waals surface area contributed by atoms with Crippen LogP contribution in [0.1, 0.15) is 32.3 Å². The summed E-state index contributed by atoms with van der Waals surface area (Å²) in [4.78, 5) is 2.46. The third kappa shape index (κ3) is 4.70. The molecule has 0 spiro atoms. The normalized spacial score (nSPS) is 18.6. The zero-order valence-corrected chi connectivity index (χ0v) is 12.0. The molecule has 1 aliphatic heterocycles. The zero-order valence-electron chi connectivity index (χ0n) is 12.0. The van der Waals surface area contributed by atoms with E-state index >= 15 is 0 Å². The van der Waals surface area contributed by atoms with Crippen molar-refractivity contribution in [1.29, 1.82) is 0 Å². The van der Waals surface area contributed by atoms with Gasteiger partial charge in [0.05, 0.1) is 6.54 Å². The van der Waals surface area contributed by atoms with Crippen LogP contribution in [0.15, 0.2) is 30.3 Å². The first-order valence-electron chi connectivity index (χ1n) is 7.27. The van der Waals surface area contributed by atoms with Gasteiger partial charge in [0, 0.05) is 24.2 Å². The molecule has 2 rings (SSSR count). The van der Waals surface area contributed by atoms with E-state index in [1.54, 1.807) is 0 Å². The van der Waals surface area contributed by atoms with Crippen LogP contribution >= 0.6 is 0 Å². The molecule has 1 N–H and O–H groups in total. The van der Waals surface area contributed by atoms with Crippen molar-refractivity contribution in [2.24, 2.45) is 0 Å². The molecule has 0 saturated carbocycles. The lowest BCUT2D eigenvalue weighted by Gasteiger charge is -2.27. The number of rotatable bonds is 4. The SMILES string of the molecule is CC(C)N(CC#Cc1ccccc1)CC1CCCN1. The van der Waals surface area contributed by atoms with E-state index in [1.165, 1.54) is 19.4 Å². The fourth-order valence-electron chi connectivity index (χ4n) is 2.42. The second kappa shape index (κ2) is 7.33. The average molecular weight is 256 g/mol. The molecule has 2 heteroatoms. The minimum atomic E-state index is 0.549. The molecule has 1 aliphatic rings. The Hall–Kier alpha value is -1.30. The predicted molar refractivity (Wildman–Crippen MR) is 81.1 cm³/mol. The minimum absolute atomic E-state index is 0.549. The first-order chi connectivity index (χ1) is 9.25. The number of nitrogens with zero attached hydrogens (tertiary/aromatic N) is 1. The van der Waals surface area contributed by atoms with Crippen molar-refractivity contribution in [1.82, 2.24) is 10.2 Å². The number of benzene rings is 1. The quantitative estimate of drug-likeness (QED) is 0.833. The van der Waals surface area contributed by atoms with Crippen molar-refractivity contribution in [2.45, 2.75) is 38.8 Å². The highest BCUT2D eigenvalue weighted by Gasteiger charge is 2.18. The molecule has 19 heavy (non-hydrogen) atoms. The molecule has 1 atom stereocenters. The molecule has 1 aromatic carbocycles. The van der Waals surface area contributed by atoms with Crippen LogP contribution in [0.25, 0.3) is 0 Å². The summed E-state index contributed by atoms with van der Waals surface area (Å²) in [7, 11) is 0. The van der Waals surface area contributed by atoms with Gasteiger partial charge in [-0.3, -0.25) is 4.90 Å². The standard InChI is InChI=1S/C17H24N2/c1-15(2)19(14-17-11-6-12-18-17)13-7-10-16-8-4-3-5-9-16/h3-5,8-9,15,17-18H,6,11-14H2,1-2H3. The van der Waals surface area contributed by atoms with Gasteiger partial charge >= 0.3 is 0 Å². The highest BCUT2D eigenvalue weighted by molar-refractivity contribution is 5.33. The van der Waals surface area contributed by atoms with Crippen LogP contribution in [0.2, 0.25) is 0 Å². The summed E-state index contributed by atoms with van der Waals surface area (Å²) < 4.78 is 0. The molecular weight excluding hydrogens is 232 g/mol. The number of hydrogen-bond acceptors (Lipinski definition) is 2. The maximum atomic E-state index is 3.56. The molecule has 1 aromatic rings. The van der Waals surface area contributed by atoms with E-state index in [-0.39, 0.29) is 0 Å². The van der Waals surface area contributed by atoms with E-state index in [0.29, 0.717) is 12.1 Å². The summed E-state index contributed by atoms with van der Waals surface area (Å²) in [6, 6.07) is 11.4. The fraction of sp³-hybridized carbons (Fsp3) is 0.529. The van der Waals surface area contributed by atoms with Gasteiger partial charge in [-0.1, -0.05) is 30.0 Å². The summed E-state index contributed by atoms with van der Waals surface area (Å²) in [5.74, 6) is 6.55. The maximum absolute atomic E-state index is 3.56. The molecular formula is C17H24N2. The number of hydrogen-bond donors (Lipinski definition) is 1. The average Bonchev–Trinajstić information content (AvgIpc) is 2.91. The van der Waals surface area contributed by atoms with E-state index in [9.17, 15) is 0 Å². The molecule has 102 valence electrons. The molecule has 1 fully saturated rings. The summed E-state index contributed by atoms with van der Waals surface area (Å²) in [6.45, 7) is 7.64. The monoisotopic (exact) mass is 256 g/mol. The third-order valence-electron chi connectivity index (χ3n) is 3.64. The van der Waals surface area contributed by atoms with Crippen LogP contribution in [-0.4, -0.2) is 36.6 Å². The Morgan fingerprint density at radius 3 is 2.74 bits per heavy atom. The summed E-state index contributed by atoms with van der Waals surface area (Å²) in [5.41, 5.74) is 1.10. The Bertz CT molecular complexity index is 422. The first-order valence-corrected chi connectivity index (χ1v) is 7.27. The lowest BCUT2D eigenvalue weighted by Crippen LogP contribution is -2.41. The van der Waals surface area contributed by atoms with E-state index < -0.39 is 0 Å². The zero-order chi connectivity index (χ0) is 13.5. The molecule has 0 aromatic heterocycles. The van der Waals surface area contributed by atoms with Gasteiger partial charge in [0.15, 0.2) is 0 Å². The second-order valence-electron chi connectivity index (χ2n) is 5.48. The Balaban J connectivity index is 1.88. The maximum Gasteiger partial charge on any atom is 0.0608 e. The predicted octanol–water partition coefficient (Wildman–Crippen LogP) is 2.50. The Morgan fingerprint density at radius 2 is 2.11 bits per heavy atom. The summed E-state index contributed by atoms with van der Waals surface area (Å²) >= 11 is 0. The van der Waals surface area contributed by atoms with Crippen molar-refractivity contribution in [3.8, 4) is 11.8 Å². The van der Waals surface area contributed by atoms with Gasteiger partial charge in [-0.25, -0.2) is 0 Å². The van der Waals surface area contributed by atoms with E-state index in [0.717, 1.165) is 18.7 Å². The largest absolute Gasteiger partial charge is 0.313 e. The molecule has 0 radical (unpaired) electrons. The molecule has 1 unspecified atom stereocenters. The lowest BCUT2D eigenvalue weighted by atomic mass is 10.2. The molecule has 1 saturated heterocycles. The first kappa shape index (κ1) is 14.1. The topological polar surface area (TPSA) is 15.3 Å². The fourth-order valence-corrected chi connectivity index (χ4v) is 2.42. The molecule has 0 amide bonds. The van der Waals surface area contributed by atoms with Crippen molar-refractivity contribution < 1.29 is 0 Å². The molecule has 0 bridgehead atoms. The van der Waals surface area contributed by atoms with Gasteiger partial charge in [0.1, 0.15) is 0 Å². The van der Waals surface area contributed by atoms with Crippen molar-refractivity contribution >= 4 is 0 Å². The van der Waals surface area contributed by atoms with E-state index in [2.05, 4.69) is 48.0 Å². The van der Waals surface area contributed by atoms with Crippen LogP contribution in [-0.2, 0) is 0 Å². The van der Waals surface area contributed by atoms with Crippen LogP contribution in [0, 0.1) is 11.8 Å². The van der Waals surface area contributed by atoms with Crippen molar-refractivity contribution in [3.05, 3.63) is 35.9 Å². The van der Waals surface area contributed by atoms with Crippen molar-refractivity contribution in [2.75, 3.05) is 19.6 Å². The van der Waals surface area contributed by atoms with Crippen LogP contribution < -0.4 is 5.32 Å². The minimum Gasteiger partial charge on any atom is -0.313 e. The van der Waals surface area contributed by atoms with Gasteiger partial charge in [0.25, 0.3) is 0 Å². The van der Waals surface area contributed by atoms with Gasteiger partial charge in [0.2, 0.25) is 0 Å². The molecule has 1 heterocycles. The van der Waals surface area contributed by atoms with E-state index in [1.807, 2.05) is 18.2 Å². The Morgan fingerprint density at radius 1 is 1.32 bits per heavy atom. The summed E-state index contributed by atoms with van der Waals surface area (Å²) in [5, 5.41) is 3.56. The van der Waals surface area contributed by atoms with Gasteiger partial charge in [-0.2, -0.15) is 0 Å². The lowest BCUT2D eigenvalue weighted by molar-refractivity contribution is 0.227. The smallest absolute Gasteiger partial charge is 0.0608 e. The van der Waals surface area contributed by atoms with Crippen LogP contribution in [0.3, 0.4) is 0 Å². The van der Waals surface area contributed by atoms with Gasteiger partial charge < -0.3 is 5.32 Å². The van der Waals surface area contributed by atoms with Gasteiger partial charge in [-0.05, 0) is 45.4 Å². The van der Waals surface area contributed by atoms with Gasteiger partial charge in [-0.15, -0.1) is 0 Å². The Kier molecular flexibility index (Phi) is 5.44.